The summed E-state index contributed by atoms with van der Waals surface area (Å²) in [7, 11) is 0. The minimum Gasteiger partial charge on any atom is -0.297 e. The number of nitrogens with one attached hydrogen (secondary N) is 1. The monoisotopic (exact) mass is 424 g/mol. The predicted molar refractivity (Wildman–Crippen MR) is 114 cm³/mol. The molecule has 3 aromatic heterocycles. The Kier molecular flexibility index (Phi) is 5.46. The van der Waals surface area contributed by atoms with Crippen LogP contribution in [0.15, 0.2) is 48.7 Å². The zero-order valence-electron chi connectivity index (χ0n) is 15.8. The summed E-state index contributed by atoms with van der Waals surface area (Å²) in [4.78, 5) is 27.6. The van der Waals surface area contributed by atoms with Gasteiger partial charge >= 0.3 is 0 Å². The van der Waals surface area contributed by atoms with Crippen LogP contribution in [0, 0.1) is 19.7 Å². The van der Waals surface area contributed by atoms with Crippen LogP contribution >= 0.6 is 22.7 Å². The average Bonchev–Trinajstić information content (AvgIpc) is 3.26. The molecule has 0 aliphatic carbocycles. The highest BCUT2D eigenvalue weighted by Crippen LogP contribution is 2.32. The van der Waals surface area contributed by atoms with Crippen molar-refractivity contribution >= 4 is 33.7 Å². The summed E-state index contributed by atoms with van der Waals surface area (Å²) >= 11 is 2.74. The largest absolute Gasteiger partial charge is 0.297 e. The second-order valence-corrected chi connectivity index (χ2v) is 8.51. The highest BCUT2D eigenvalue weighted by molar-refractivity contribution is 7.19. The van der Waals surface area contributed by atoms with Gasteiger partial charge in [-0.05, 0) is 43.7 Å². The smallest absolute Gasteiger partial charge is 0.269 e. The SMILES string of the molecule is Cc1nc(Cc2ccc(F)cc2)sc1C(=O)Nc1nc(C)c(-c2ccccn2)s1. The first kappa shape index (κ1) is 19.4. The van der Waals surface area contributed by atoms with E-state index in [1.165, 1.54) is 34.8 Å². The van der Waals surface area contributed by atoms with E-state index >= 15 is 0 Å². The van der Waals surface area contributed by atoms with E-state index in [1.54, 1.807) is 18.3 Å². The van der Waals surface area contributed by atoms with Crippen LogP contribution in [0.2, 0.25) is 0 Å². The standard InChI is InChI=1S/C21H17FN4OS2/c1-12-18(16-5-3-4-10-23-16)29-21(25-12)26-20(27)19-13(2)24-17(28-19)11-14-6-8-15(22)9-7-14/h3-10H,11H2,1-2H3,(H,25,26,27). The van der Waals surface area contributed by atoms with Crippen molar-refractivity contribution in [2.75, 3.05) is 5.32 Å². The highest BCUT2D eigenvalue weighted by atomic mass is 32.1. The molecule has 0 unspecified atom stereocenters. The Bertz CT molecular complexity index is 1150. The number of nitrogens with zero attached hydrogens (tertiary/aromatic N) is 3. The van der Waals surface area contributed by atoms with Crippen molar-refractivity contribution in [1.82, 2.24) is 15.0 Å². The van der Waals surface area contributed by atoms with Gasteiger partial charge in [-0.15, -0.1) is 11.3 Å². The van der Waals surface area contributed by atoms with Gasteiger partial charge in [0.1, 0.15) is 10.7 Å². The molecule has 3 heterocycles. The van der Waals surface area contributed by atoms with Gasteiger partial charge in [0.25, 0.3) is 5.91 Å². The van der Waals surface area contributed by atoms with Crippen LogP contribution in [-0.2, 0) is 6.42 Å². The van der Waals surface area contributed by atoms with Crippen molar-refractivity contribution in [2.24, 2.45) is 0 Å². The van der Waals surface area contributed by atoms with Gasteiger partial charge in [-0.2, -0.15) is 0 Å². The number of carbonyl (C=O) groups is 1. The number of aromatic nitrogens is 3. The highest BCUT2D eigenvalue weighted by Gasteiger charge is 2.18. The lowest BCUT2D eigenvalue weighted by Gasteiger charge is -1.99. The van der Waals surface area contributed by atoms with Crippen LogP contribution in [-0.4, -0.2) is 20.9 Å². The summed E-state index contributed by atoms with van der Waals surface area (Å²) in [6.07, 6.45) is 2.29. The number of anilines is 1. The quantitative estimate of drug-likeness (QED) is 0.474. The normalized spacial score (nSPS) is 10.9. The molecule has 0 saturated heterocycles. The molecule has 0 fully saturated rings. The number of rotatable bonds is 5. The molecule has 0 bridgehead atoms. The summed E-state index contributed by atoms with van der Waals surface area (Å²) < 4.78 is 13.1. The van der Waals surface area contributed by atoms with Crippen molar-refractivity contribution < 1.29 is 9.18 Å². The summed E-state index contributed by atoms with van der Waals surface area (Å²) in [6.45, 7) is 3.71. The maximum Gasteiger partial charge on any atom is 0.269 e. The Morgan fingerprint density at radius 1 is 1.03 bits per heavy atom. The Labute approximate surface area is 175 Å². The lowest BCUT2D eigenvalue weighted by atomic mass is 10.1. The molecule has 5 nitrogen and oxygen atoms in total. The van der Waals surface area contributed by atoms with E-state index in [9.17, 15) is 9.18 Å². The van der Waals surface area contributed by atoms with Gasteiger partial charge in [0.15, 0.2) is 5.13 Å². The van der Waals surface area contributed by atoms with Crippen LogP contribution < -0.4 is 5.32 Å². The second kappa shape index (κ2) is 8.18. The van der Waals surface area contributed by atoms with Gasteiger partial charge in [0.05, 0.1) is 27.0 Å². The first-order chi connectivity index (χ1) is 14.0. The third-order valence-corrected chi connectivity index (χ3v) is 6.48. The Hall–Kier alpha value is -2.97. The molecule has 4 aromatic rings. The number of carbonyl (C=O) groups excluding carboxylic acids is 1. The molecular formula is C21H17FN4OS2. The van der Waals surface area contributed by atoms with Gasteiger partial charge in [-0.1, -0.05) is 29.5 Å². The van der Waals surface area contributed by atoms with Crippen molar-refractivity contribution in [2.45, 2.75) is 20.3 Å². The number of amides is 1. The van der Waals surface area contributed by atoms with Crippen molar-refractivity contribution in [3.63, 3.8) is 0 Å². The van der Waals surface area contributed by atoms with E-state index in [4.69, 9.17) is 0 Å². The maximum absolute atomic E-state index is 13.1. The molecule has 0 atom stereocenters. The fourth-order valence-corrected chi connectivity index (χ4v) is 4.79. The molecular weight excluding hydrogens is 407 g/mol. The lowest BCUT2D eigenvalue weighted by Crippen LogP contribution is -2.11. The molecule has 0 spiro atoms. The molecule has 1 aromatic carbocycles. The van der Waals surface area contributed by atoms with Crippen molar-refractivity contribution in [3.8, 4) is 10.6 Å². The third kappa shape index (κ3) is 4.38. The summed E-state index contributed by atoms with van der Waals surface area (Å²) in [6, 6.07) is 12.0. The van der Waals surface area contributed by atoms with Crippen LogP contribution in [0.4, 0.5) is 9.52 Å². The predicted octanol–water partition coefficient (Wildman–Crippen LogP) is 5.26. The van der Waals surface area contributed by atoms with Gasteiger partial charge < -0.3 is 0 Å². The van der Waals surface area contributed by atoms with E-state index < -0.39 is 0 Å². The van der Waals surface area contributed by atoms with Crippen molar-refractivity contribution in [1.29, 1.82) is 0 Å². The minimum absolute atomic E-state index is 0.230. The molecule has 0 aliphatic heterocycles. The van der Waals surface area contributed by atoms with Crippen LogP contribution in [0.25, 0.3) is 10.6 Å². The molecule has 0 aliphatic rings. The Morgan fingerprint density at radius 3 is 2.55 bits per heavy atom. The van der Waals surface area contributed by atoms with E-state index in [2.05, 4.69) is 20.3 Å². The number of halogens is 1. The van der Waals surface area contributed by atoms with E-state index in [-0.39, 0.29) is 11.7 Å². The third-order valence-electron chi connectivity index (χ3n) is 4.23. The molecule has 0 radical (unpaired) electrons. The first-order valence-corrected chi connectivity index (χ1v) is 10.5. The van der Waals surface area contributed by atoms with E-state index in [0.717, 1.165) is 26.8 Å². The molecule has 1 amide bonds. The van der Waals surface area contributed by atoms with Gasteiger partial charge in [-0.25, -0.2) is 14.4 Å². The number of pyridine rings is 1. The zero-order chi connectivity index (χ0) is 20.4. The molecule has 4 rings (SSSR count). The minimum atomic E-state index is -0.270. The maximum atomic E-state index is 13.1. The second-order valence-electron chi connectivity index (χ2n) is 6.43. The van der Waals surface area contributed by atoms with Gasteiger partial charge in [0.2, 0.25) is 0 Å². The number of thiazole rings is 2. The number of hydrogen-bond donors (Lipinski definition) is 1. The van der Waals surface area contributed by atoms with Gasteiger partial charge in [-0.3, -0.25) is 15.1 Å². The molecule has 29 heavy (non-hydrogen) atoms. The number of hydrogen-bond acceptors (Lipinski definition) is 6. The van der Waals surface area contributed by atoms with Crippen LogP contribution in [0.1, 0.15) is 31.6 Å². The summed E-state index contributed by atoms with van der Waals surface area (Å²) in [5.41, 5.74) is 3.27. The van der Waals surface area contributed by atoms with Gasteiger partial charge in [0, 0.05) is 12.6 Å². The Morgan fingerprint density at radius 2 is 1.83 bits per heavy atom. The van der Waals surface area contributed by atoms with E-state index in [0.29, 0.717) is 22.1 Å². The molecule has 8 heteroatoms. The van der Waals surface area contributed by atoms with Crippen LogP contribution in [0.5, 0.6) is 0 Å². The number of aryl methyl sites for hydroxylation is 2. The number of benzene rings is 1. The topological polar surface area (TPSA) is 67.8 Å². The van der Waals surface area contributed by atoms with E-state index in [1.807, 2.05) is 32.0 Å². The van der Waals surface area contributed by atoms with Crippen LogP contribution in [0.3, 0.4) is 0 Å². The summed E-state index contributed by atoms with van der Waals surface area (Å²) in [5, 5.41) is 4.21. The fourth-order valence-electron chi connectivity index (χ4n) is 2.85. The molecule has 1 N–H and O–H groups in total. The lowest BCUT2D eigenvalue weighted by molar-refractivity contribution is 0.103. The van der Waals surface area contributed by atoms with Crippen molar-refractivity contribution in [3.05, 3.63) is 81.3 Å². The molecule has 0 saturated carbocycles. The fraction of sp³-hybridized carbons (Fsp3) is 0.143. The zero-order valence-corrected chi connectivity index (χ0v) is 17.4. The Balaban J connectivity index is 1.50. The molecule has 146 valence electrons. The summed E-state index contributed by atoms with van der Waals surface area (Å²) in [5.74, 6) is -0.500. The first-order valence-electron chi connectivity index (χ1n) is 8.90. The average molecular weight is 425 g/mol.